The summed E-state index contributed by atoms with van der Waals surface area (Å²) in [6.45, 7) is 0. The van der Waals surface area contributed by atoms with E-state index in [9.17, 15) is 14.9 Å². The van der Waals surface area contributed by atoms with Gasteiger partial charge in [-0.25, -0.2) is 0 Å². The number of hydrogen-bond donors (Lipinski definition) is 2. The minimum absolute atomic E-state index is 0.0629. The lowest BCUT2D eigenvalue weighted by molar-refractivity contribution is -0.385. The Morgan fingerprint density at radius 3 is 2.81 bits per heavy atom. The molecule has 0 unspecified atom stereocenters. The first-order valence-electron chi connectivity index (χ1n) is 8.36. The number of aromatic nitrogens is 1. The second-order valence-corrected chi connectivity index (χ2v) is 6.84. The first-order chi connectivity index (χ1) is 13.0. The molecule has 0 spiro atoms. The summed E-state index contributed by atoms with van der Waals surface area (Å²) >= 11 is 6.12. The highest BCUT2D eigenvalue weighted by molar-refractivity contribution is 6.30. The molecule has 27 heavy (non-hydrogen) atoms. The van der Waals surface area contributed by atoms with Gasteiger partial charge >= 0.3 is 5.97 Å². The zero-order chi connectivity index (χ0) is 19.1. The van der Waals surface area contributed by atoms with Crippen LogP contribution in [0.3, 0.4) is 0 Å². The average Bonchev–Trinajstić information content (AvgIpc) is 3.05. The van der Waals surface area contributed by atoms with Crippen LogP contribution in [0.2, 0.25) is 5.02 Å². The van der Waals surface area contributed by atoms with Gasteiger partial charge < -0.3 is 9.72 Å². The number of nitrogens with one attached hydrogen (secondary N) is 2. The number of esters is 1. The number of H-pyrrole nitrogens is 1. The Kier molecular flexibility index (Phi) is 4.33. The second-order valence-electron chi connectivity index (χ2n) is 6.40. The van der Waals surface area contributed by atoms with Gasteiger partial charge in [0.1, 0.15) is 6.04 Å². The standard InChI is InChI=1S/C19H16ClN3O4/c1-27-19(24)15-9-12-11-4-2-3-5-14(11)21-17(12)18(22-15)13-8-10(20)6-7-16(13)23(25)26/h2-8,15,18,21-22H,9H2,1H3/t15-,18-/m1/s1. The number of ether oxygens (including phenoxy) is 1. The summed E-state index contributed by atoms with van der Waals surface area (Å²) in [4.78, 5) is 26.7. The van der Waals surface area contributed by atoms with Crippen molar-refractivity contribution in [1.82, 2.24) is 10.3 Å². The Bertz CT molecular complexity index is 1060. The van der Waals surface area contributed by atoms with Crippen LogP contribution < -0.4 is 5.32 Å². The molecule has 4 rings (SSSR count). The summed E-state index contributed by atoms with van der Waals surface area (Å²) in [6.07, 6.45) is 0.427. The number of methoxy groups -OCH3 is 1. The van der Waals surface area contributed by atoms with E-state index in [2.05, 4.69) is 10.3 Å². The molecule has 0 aliphatic carbocycles. The lowest BCUT2D eigenvalue weighted by Crippen LogP contribution is -2.45. The number of hydrogen-bond acceptors (Lipinski definition) is 5. The van der Waals surface area contributed by atoms with Gasteiger partial charge in [-0.1, -0.05) is 29.8 Å². The van der Waals surface area contributed by atoms with Crippen molar-refractivity contribution in [2.24, 2.45) is 0 Å². The third kappa shape index (κ3) is 2.94. The van der Waals surface area contributed by atoms with Crippen LogP contribution in [0.15, 0.2) is 42.5 Å². The number of nitro benzene ring substituents is 1. The first kappa shape index (κ1) is 17.5. The molecule has 8 heteroatoms. The van der Waals surface area contributed by atoms with Crippen LogP contribution in [0.1, 0.15) is 22.9 Å². The van der Waals surface area contributed by atoms with Gasteiger partial charge in [-0.3, -0.25) is 20.2 Å². The molecule has 3 aromatic rings. The molecule has 2 N–H and O–H groups in total. The zero-order valence-electron chi connectivity index (χ0n) is 14.4. The van der Waals surface area contributed by atoms with Gasteiger partial charge in [-0.2, -0.15) is 0 Å². The number of carbonyl (C=O) groups excluding carboxylic acids is 1. The van der Waals surface area contributed by atoms with E-state index in [1.54, 1.807) is 6.07 Å². The van der Waals surface area contributed by atoms with Gasteiger partial charge in [0.05, 0.1) is 23.6 Å². The molecule has 0 bridgehead atoms. The summed E-state index contributed by atoms with van der Waals surface area (Å²) in [7, 11) is 1.32. The first-order valence-corrected chi connectivity index (χ1v) is 8.74. The highest BCUT2D eigenvalue weighted by Gasteiger charge is 2.37. The minimum atomic E-state index is -0.620. The molecule has 2 heterocycles. The number of halogens is 1. The molecule has 0 saturated heterocycles. The summed E-state index contributed by atoms with van der Waals surface area (Å²) in [5, 5.41) is 16.1. The van der Waals surface area contributed by atoms with Crippen molar-refractivity contribution in [1.29, 1.82) is 0 Å². The van der Waals surface area contributed by atoms with E-state index in [4.69, 9.17) is 16.3 Å². The summed E-state index contributed by atoms with van der Waals surface area (Å²) < 4.78 is 4.91. The van der Waals surface area contributed by atoms with E-state index >= 15 is 0 Å². The molecular weight excluding hydrogens is 370 g/mol. The van der Waals surface area contributed by atoms with E-state index in [0.29, 0.717) is 17.0 Å². The fourth-order valence-electron chi connectivity index (χ4n) is 3.70. The predicted molar refractivity (Wildman–Crippen MR) is 101 cm³/mol. The average molecular weight is 386 g/mol. The summed E-state index contributed by atoms with van der Waals surface area (Å²) in [6, 6.07) is 10.9. The lowest BCUT2D eigenvalue weighted by atomic mass is 9.89. The molecule has 1 aromatic heterocycles. The van der Waals surface area contributed by atoms with Crippen LogP contribution in [0.25, 0.3) is 10.9 Å². The van der Waals surface area contributed by atoms with Gasteiger partial charge in [-0.05, 0) is 23.8 Å². The molecule has 1 aliphatic rings. The molecule has 7 nitrogen and oxygen atoms in total. The number of nitro groups is 1. The zero-order valence-corrected chi connectivity index (χ0v) is 15.1. The fourth-order valence-corrected chi connectivity index (χ4v) is 3.88. The van der Waals surface area contributed by atoms with Crippen LogP contribution in [0, 0.1) is 10.1 Å². The summed E-state index contributed by atoms with van der Waals surface area (Å²) in [5.74, 6) is -0.416. The number of para-hydroxylation sites is 1. The van der Waals surface area contributed by atoms with Crippen LogP contribution >= 0.6 is 11.6 Å². The summed E-state index contributed by atoms with van der Waals surface area (Å²) in [5.41, 5.74) is 2.98. The van der Waals surface area contributed by atoms with E-state index < -0.39 is 23.0 Å². The van der Waals surface area contributed by atoms with E-state index in [0.717, 1.165) is 22.2 Å². The molecule has 0 radical (unpaired) electrons. The van der Waals surface area contributed by atoms with E-state index in [1.807, 2.05) is 24.3 Å². The second kappa shape index (κ2) is 6.68. The van der Waals surface area contributed by atoms with Crippen molar-refractivity contribution in [3.8, 4) is 0 Å². The molecule has 0 fully saturated rings. The number of fused-ring (bicyclic) bond motifs is 3. The van der Waals surface area contributed by atoms with Crippen molar-refractivity contribution in [2.45, 2.75) is 18.5 Å². The van der Waals surface area contributed by atoms with E-state index in [-0.39, 0.29) is 5.69 Å². The molecule has 0 saturated carbocycles. The van der Waals surface area contributed by atoms with Gasteiger partial charge in [0.2, 0.25) is 0 Å². The maximum absolute atomic E-state index is 12.2. The van der Waals surface area contributed by atoms with Crippen LogP contribution in [0.4, 0.5) is 5.69 Å². The molecule has 2 aromatic carbocycles. The maximum Gasteiger partial charge on any atom is 0.323 e. The smallest absolute Gasteiger partial charge is 0.323 e. The van der Waals surface area contributed by atoms with Gasteiger partial charge in [-0.15, -0.1) is 0 Å². The largest absolute Gasteiger partial charge is 0.468 e. The predicted octanol–water partition coefficient (Wildman–Crippen LogP) is 3.51. The number of carbonyl (C=O) groups is 1. The van der Waals surface area contributed by atoms with Crippen molar-refractivity contribution < 1.29 is 14.5 Å². The Hall–Kier alpha value is -2.90. The van der Waals surface area contributed by atoms with Crippen molar-refractivity contribution in [3.05, 3.63) is 74.4 Å². The lowest BCUT2D eigenvalue weighted by Gasteiger charge is -2.30. The van der Waals surface area contributed by atoms with Gasteiger partial charge in [0.25, 0.3) is 5.69 Å². The van der Waals surface area contributed by atoms with Crippen molar-refractivity contribution >= 4 is 34.2 Å². The molecule has 2 atom stereocenters. The van der Waals surface area contributed by atoms with Gasteiger partial charge in [0.15, 0.2) is 0 Å². The normalized spacial score (nSPS) is 18.9. The Morgan fingerprint density at radius 1 is 1.30 bits per heavy atom. The van der Waals surface area contributed by atoms with Crippen LogP contribution in [-0.4, -0.2) is 29.0 Å². The minimum Gasteiger partial charge on any atom is -0.468 e. The molecule has 138 valence electrons. The van der Waals surface area contributed by atoms with Crippen molar-refractivity contribution in [3.63, 3.8) is 0 Å². The fraction of sp³-hybridized carbons (Fsp3) is 0.211. The number of benzene rings is 2. The topological polar surface area (TPSA) is 97.3 Å². The number of nitrogens with zero attached hydrogens (tertiary/aromatic N) is 1. The Labute approximate surface area is 159 Å². The van der Waals surface area contributed by atoms with Crippen molar-refractivity contribution in [2.75, 3.05) is 7.11 Å². The highest BCUT2D eigenvalue weighted by atomic mass is 35.5. The third-order valence-corrected chi connectivity index (χ3v) is 5.13. The molecule has 0 amide bonds. The molecular formula is C19H16ClN3O4. The highest BCUT2D eigenvalue weighted by Crippen LogP contribution is 2.39. The number of aromatic amines is 1. The maximum atomic E-state index is 12.2. The molecule has 1 aliphatic heterocycles. The van der Waals surface area contributed by atoms with Gasteiger partial charge in [0, 0.05) is 34.1 Å². The SMILES string of the molecule is COC(=O)[C@H]1Cc2c([nH]c3ccccc23)[C@@H](c2cc(Cl)ccc2[N+](=O)[O-])N1. The monoisotopic (exact) mass is 385 g/mol. The third-order valence-electron chi connectivity index (χ3n) is 4.89. The van der Waals surface area contributed by atoms with E-state index in [1.165, 1.54) is 19.2 Å². The Morgan fingerprint density at radius 2 is 2.07 bits per heavy atom. The van der Waals surface area contributed by atoms with Crippen LogP contribution in [0.5, 0.6) is 0 Å². The number of rotatable bonds is 3. The quantitative estimate of drug-likeness (QED) is 0.408. The Balaban J connectivity index is 1.94. The van der Waals surface area contributed by atoms with Crippen LogP contribution in [-0.2, 0) is 16.0 Å².